The van der Waals surface area contributed by atoms with Crippen LogP contribution in [0.1, 0.15) is 15.9 Å². The lowest BCUT2D eigenvalue weighted by molar-refractivity contribution is -0.137. The molecule has 0 aliphatic carbocycles. The number of nitrogens with zero attached hydrogens (tertiary/aromatic N) is 2. The molecular weight excluding hydrogens is 477 g/mol. The predicted molar refractivity (Wildman–Crippen MR) is 105 cm³/mol. The van der Waals surface area contributed by atoms with Crippen molar-refractivity contribution in [1.82, 2.24) is 14.6 Å². The summed E-state index contributed by atoms with van der Waals surface area (Å²) in [6, 6.07) is 6.18. The van der Waals surface area contributed by atoms with Crippen LogP contribution in [0.15, 0.2) is 45.9 Å². The van der Waals surface area contributed by atoms with Gasteiger partial charge in [0.25, 0.3) is 5.91 Å². The molecule has 0 bridgehead atoms. The highest BCUT2D eigenvalue weighted by Crippen LogP contribution is 2.33. The van der Waals surface area contributed by atoms with E-state index in [1.807, 2.05) is 0 Å². The van der Waals surface area contributed by atoms with E-state index < -0.39 is 27.7 Å². The van der Waals surface area contributed by atoms with E-state index in [2.05, 4.69) is 31.5 Å². The topological polar surface area (TPSA) is 91.4 Å². The maximum atomic E-state index is 12.9. The Morgan fingerprint density at radius 2 is 1.90 bits per heavy atom. The lowest BCUT2D eigenvalue weighted by atomic mass is 10.2. The van der Waals surface area contributed by atoms with Gasteiger partial charge in [0.1, 0.15) is 5.82 Å². The number of amides is 1. The molecule has 0 saturated heterocycles. The molecule has 29 heavy (non-hydrogen) atoms. The van der Waals surface area contributed by atoms with E-state index in [0.717, 1.165) is 10.4 Å². The number of rotatable bonds is 7. The number of halogens is 4. The summed E-state index contributed by atoms with van der Waals surface area (Å²) >= 11 is 3.15. The first kappa shape index (κ1) is 23.1. The van der Waals surface area contributed by atoms with Crippen molar-refractivity contribution >= 4 is 37.7 Å². The molecule has 1 aromatic carbocycles. The lowest BCUT2D eigenvalue weighted by Crippen LogP contribution is -2.30. The zero-order valence-corrected chi connectivity index (χ0v) is 17.8. The molecule has 1 aromatic heterocycles. The largest absolute Gasteiger partial charge is 0.419 e. The summed E-state index contributed by atoms with van der Waals surface area (Å²) < 4.78 is 64.7. The van der Waals surface area contributed by atoms with Crippen LogP contribution >= 0.6 is 15.9 Å². The van der Waals surface area contributed by atoms with Crippen LogP contribution in [0.3, 0.4) is 0 Å². The number of carbonyl (C=O) groups excluding carboxylic acids is 1. The molecule has 0 radical (unpaired) electrons. The Kier molecular flexibility index (Phi) is 7.25. The molecule has 0 saturated carbocycles. The van der Waals surface area contributed by atoms with Gasteiger partial charge in [0, 0.05) is 43.4 Å². The molecule has 2 N–H and O–H groups in total. The van der Waals surface area contributed by atoms with Crippen LogP contribution in [0.25, 0.3) is 0 Å². The molecule has 1 heterocycles. The number of carbonyl (C=O) groups is 1. The third-order valence-corrected chi connectivity index (χ3v) is 6.58. The van der Waals surface area contributed by atoms with Gasteiger partial charge in [-0.15, -0.1) is 0 Å². The van der Waals surface area contributed by atoms with Crippen LogP contribution in [-0.4, -0.2) is 50.8 Å². The molecule has 0 aliphatic rings. The second-order valence-corrected chi connectivity index (χ2v) is 8.99. The van der Waals surface area contributed by atoms with Gasteiger partial charge in [-0.3, -0.25) is 4.79 Å². The molecule has 7 nitrogen and oxygen atoms in total. The van der Waals surface area contributed by atoms with Gasteiger partial charge in [0.2, 0.25) is 10.0 Å². The molecule has 0 unspecified atom stereocenters. The quantitative estimate of drug-likeness (QED) is 0.577. The van der Waals surface area contributed by atoms with Crippen LogP contribution in [0.2, 0.25) is 0 Å². The summed E-state index contributed by atoms with van der Waals surface area (Å²) in [4.78, 5) is 15.9. The molecule has 2 rings (SSSR count). The van der Waals surface area contributed by atoms with Crippen molar-refractivity contribution in [2.45, 2.75) is 11.1 Å². The fourth-order valence-corrected chi connectivity index (χ4v) is 4.12. The first-order chi connectivity index (χ1) is 13.4. The Balaban J connectivity index is 2.03. The minimum absolute atomic E-state index is 0.00146. The maximum Gasteiger partial charge on any atom is 0.419 e. The van der Waals surface area contributed by atoms with E-state index in [4.69, 9.17) is 0 Å². The number of aromatic nitrogens is 1. The molecule has 0 fully saturated rings. The molecule has 158 valence electrons. The van der Waals surface area contributed by atoms with Crippen LogP contribution in [0.4, 0.5) is 19.0 Å². The van der Waals surface area contributed by atoms with E-state index in [0.29, 0.717) is 4.47 Å². The zero-order valence-electron chi connectivity index (χ0n) is 15.4. The van der Waals surface area contributed by atoms with Crippen molar-refractivity contribution in [3.8, 4) is 0 Å². The number of anilines is 1. The highest BCUT2D eigenvalue weighted by molar-refractivity contribution is 9.10. The van der Waals surface area contributed by atoms with Crippen LogP contribution in [0, 0.1) is 0 Å². The molecule has 0 spiro atoms. The summed E-state index contributed by atoms with van der Waals surface area (Å²) in [7, 11) is -1.03. The van der Waals surface area contributed by atoms with Gasteiger partial charge in [-0.2, -0.15) is 13.2 Å². The second-order valence-electron chi connectivity index (χ2n) is 6.01. The van der Waals surface area contributed by atoms with Gasteiger partial charge in [-0.25, -0.2) is 17.7 Å². The van der Waals surface area contributed by atoms with Crippen molar-refractivity contribution in [1.29, 1.82) is 0 Å². The summed E-state index contributed by atoms with van der Waals surface area (Å²) in [5.74, 6) is -0.899. The first-order valence-electron chi connectivity index (χ1n) is 8.21. The molecule has 1 amide bonds. The number of alkyl halides is 3. The van der Waals surface area contributed by atoms with E-state index in [1.165, 1.54) is 44.6 Å². The fraction of sp³-hybridized carbons (Fsp3) is 0.294. The summed E-state index contributed by atoms with van der Waals surface area (Å²) in [5, 5.41) is 5.05. The third-order valence-electron chi connectivity index (χ3n) is 3.77. The van der Waals surface area contributed by atoms with Crippen LogP contribution in [-0.2, 0) is 16.2 Å². The molecule has 0 atom stereocenters. The Bertz CT molecular complexity index is 998. The van der Waals surface area contributed by atoms with E-state index in [9.17, 15) is 26.4 Å². The highest BCUT2D eigenvalue weighted by atomic mass is 79.9. The number of hydrogen-bond donors (Lipinski definition) is 2. The van der Waals surface area contributed by atoms with Crippen molar-refractivity contribution < 1.29 is 26.4 Å². The highest BCUT2D eigenvalue weighted by Gasteiger charge is 2.33. The normalized spacial score (nSPS) is 12.1. The monoisotopic (exact) mass is 494 g/mol. The molecule has 0 aliphatic heterocycles. The second kappa shape index (κ2) is 9.09. The van der Waals surface area contributed by atoms with Crippen molar-refractivity contribution in [2.24, 2.45) is 0 Å². The predicted octanol–water partition coefficient (Wildman–Crippen LogP) is 2.96. The summed E-state index contributed by atoms with van der Waals surface area (Å²) in [6.45, 7) is -0.0102. The van der Waals surface area contributed by atoms with Crippen molar-refractivity contribution in [2.75, 3.05) is 32.5 Å². The van der Waals surface area contributed by atoms with Gasteiger partial charge in [0.15, 0.2) is 0 Å². The number of nitrogens with one attached hydrogen (secondary N) is 2. The fourth-order valence-electron chi connectivity index (χ4n) is 2.27. The van der Waals surface area contributed by atoms with Gasteiger partial charge in [-0.1, -0.05) is 0 Å². The molecular formula is C17H18BrF3N4O3S. The van der Waals surface area contributed by atoms with E-state index in [-0.39, 0.29) is 29.4 Å². The maximum absolute atomic E-state index is 12.9. The summed E-state index contributed by atoms with van der Waals surface area (Å²) in [6.07, 6.45) is -3.32. The van der Waals surface area contributed by atoms with E-state index >= 15 is 0 Å². The molecule has 12 heteroatoms. The Morgan fingerprint density at radius 3 is 2.52 bits per heavy atom. The summed E-state index contributed by atoms with van der Waals surface area (Å²) in [5.41, 5.74) is -0.805. The van der Waals surface area contributed by atoms with Gasteiger partial charge >= 0.3 is 6.18 Å². The Hall–Kier alpha value is -2.18. The average Bonchev–Trinajstić information content (AvgIpc) is 2.64. The average molecular weight is 495 g/mol. The number of benzene rings is 1. The lowest BCUT2D eigenvalue weighted by Gasteiger charge is -2.15. The number of sulfonamides is 1. The minimum atomic E-state index is -4.55. The zero-order chi connectivity index (χ0) is 21.8. The standard InChI is InChI=1S/C17H18BrF3N4O3S/c1-25(2)29(27,28)14-10-11(5-6-13(14)18)16(26)24-9-8-23-15-12(17(19,20)21)4-3-7-22-15/h3-7,10H,8-9H2,1-2H3,(H,22,23)(H,24,26). The Morgan fingerprint density at radius 1 is 1.21 bits per heavy atom. The SMILES string of the molecule is CN(C)S(=O)(=O)c1cc(C(=O)NCCNc2ncccc2C(F)(F)F)ccc1Br. The van der Waals surface area contributed by atoms with Crippen molar-refractivity contribution in [3.63, 3.8) is 0 Å². The Labute approximate surface area is 174 Å². The van der Waals surface area contributed by atoms with Crippen molar-refractivity contribution in [3.05, 3.63) is 52.1 Å². The van der Waals surface area contributed by atoms with Gasteiger partial charge in [0.05, 0.1) is 10.5 Å². The minimum Gasteiger partial charge on any atom is -0.368 e. The number of pyridine rings is 1. The smallest absolute Gasteiger partial charge is 0.368 e. The first-order valence-corrected chi connectivity index (χ1v) is 10.4. The van der Waals surface area contributed by atoms with Gasteiger partial charge in [-0.05, 0) is 46.3 Å². The van der Waals surface area contributed by atoms with Crippen LogP contribution in [0.5, 0.6) is 0 Å². The molecule has 2 aromatic rings. The van der Waals surface area contributed by atoms with Crippen LogP contribution < -0.4 is 10.6 Å². The number of hydrogen-bond acceptors (Lipinski definition) is 5. The van der Waals surface area contributed by atoms with E-state index in [1.54, 1.807) is 0 Å². The third kappa shape index (κ3) is 5.67. The van der Waals surface area contributed by atoms with Gasteiger partial charge < -0.3 is 10.6 Å².